The summed E-state index contributed by atoms with van der Waals surface area (Å²) in [6, 6.07) is 8.16. The third kappa shape index (κ3) is 3.36. The first-order valence-electron chi connectivity index (χ1n) is 6.24. The van der Waals surface area contributed by atoms with Gasteiger partial charge < -0.3 is 5.11 Å². The standard InChI is InChI=1S/C15H16N2O2S/c1-9-5-4-6-12(7-9)8-20-14-13(15(18)19)10(2)16-11(3)17-14/h4-7H,8H2,1-3H3,(H,18,19). The Morgan fingerprint density at radius 1 is 1.25 bits per heavy atom. The second-order valence-electron chi connectivity index (χ2n) is 4.62. The molecule has 5 heteroatoms. The summed E-state index contributed by atoms with van der Waals surface area (Å²) < 4.78 is 0. The van der Waals surface area contributed by atoms with Gasteiger partial charge in [0.05, 0.1) is 5.69 Å². The summed E-state index contributed by atoms with van der Waals surface area (Å²) in [6.45, 7) is 5.51. The summed E-state index contributed by atoms with van der Waals surface area (Å²) in [6.07, 6.45) is 0. The maximum atomic E-state index is 11.3. The van der Waals surface area contributed by atoms with Gasteiger partial charge >= 0.3 is 5.97 Å². The Hall–Kier alpha value is -1.88. The number of carboxylic acids is 1. The number of nitrogens with zero attached hydrogens (tertiary/aromatic N) is 2. The summed E-state index contributed by atoms with van der Waals surface area (Å²) in [5.41, 5.74) is 3.06. The van der Waals surface area contributed by atoms with Gasteiger partial charge in [0.15, 0.2) is 0 Å². The van der Waals surface area contributed by atoms with Crippen LogP contribution in [0.15, 0.2) is 29.3 Å². The van der Waals surface area contributed by atoms with Crippen molar-refractivity contribution in [1.82, 2.24) is 9.97 Å². The SMILES string of the molecule is Cc1cccc(CSc2nc(C)nc(C)c2C(=O)O)c1. The lowest BCUT2D eigenvalue weighted by molar-refractivity contribution is 0.0690. The van der Waals surface area contributed by atoms with Gasteiger partial charge in [-0.1, -0.05) is 29.8 Å². The number of aromatic carboxylic acids is 1. The molecule has 0 amide bonds. The molecule has 104 valence electrons. The zero-order valence-corrected chi connectivity index (χ0v) is 12.5. The summed E-state index contributed by atoms with van der Waals surface area (Å²) >= 11 is 1.43. The van der Waals surface area contributed by atoms with Gasteiger partial charge in [-0.3, -0.25) is 0 Å². The molecule has 0 bridgehead atoms. The number of aromatic nitrogens is 2. The minimum atomic E-state index is -0.978. The monoisotopic (exact) mass is 288 g/mol. The predicted molar refractivity (Wildman–Crippen MR) is 79.2 cm³/mol. The van der Waals surface area contributed by atoms with Crippen molar-refractivity contribution in [2.75, 3.05) is 0 Å². The van der Waals surface area contributed by atoms with E-state index in [0.29, 0.717) is 22.3 Å². The van der Waals surface area contributed by atoms with E-state index in [-0.39, 0.29) is 5.56 Å². The van der Waals surface area contributed by atoms with E-state index in [0.717, 1.165) is 5.56 Å². The fraction of sp³-hybridized carbons (Fsp3) is 0.267. The van der Waals surface area contributed by atoms with Crippen LogP contribution in [0.5, 0.6) is 0 Å². The number of rotatable bonds is 4. The van der Waals surface area contributed by atoms with Gasteiger partial charge in [-0.05, 0) is 26.3 Å². The molecule has 0 aliphatic carbocycles. The number of hydrogen-bond donors (Lipinski definition) is 1. The fourth-order valence-corrected chi connectivity index (χ4v) is 3.04. The van der Waals surface area contributed by atoms with Gasteiger partial charge in [-0.15, -0.1) is 11.8 Å². The average Bonchev–Trinajstić information content (AvgIpc) is 2.35. The van der Waals surface area contributed by atoms with Crippen LogP contribution in [0.4, 0.5) is 0 Å². The molecule has 1 aromatic carbocycles. The van der Waals surface area contributed by atoms with E-state index >= 15 is 0 Å². The number of benzene rings is 1. The minimum absolute atomic E-state index is 0.202. The third-order valence-corrected chi connectivity index (χ3v) is 3.89. The van der Waals surface area contributed by atoms with Gasteiger partial charge in [0.25, 0.3) is 0 Å². The van der Waals surface area contributed by atoms with Crippen LogP contribution in [0.3, 0.4) is 0 Å². The van der Waals surface area contributed by atoms with Gasteiger partial charge in [-0.2, -0.15) is 0 Å². The van der Waals surface area contributed by atoms with E-state index in [1.54, 1.807) is 13.8 Å². The third-order valence-electron chi connectivity index (χ3n) is 2.84. The lowest BCUT2D eigenvalue weighted by Gasteiger charge is -2.08. The van der Waals surface area contributed by atoms with Crippen LogP contribution in [0, 0.1) is 20.8 Å². The van der Waals surface area contributed by atoms with E-state index in [2.05, 4.69) is 16.0 Å². The van der Waals surface area contributed by atoms with Crippen LogP contribution in [0.25, 0.3) is 0 Å². The van der Waals surface area contributed by atoms with E-state index in [1.165, 1.54) is 17.3 Å². The molecule has 0 saturated heterocycles. The lowest BCUT2D eigenvalue weighted by Crippen LogP contribution is -2.08. The molecule has 2 rings (SSSR count). The second-order valence-corrected chi connectivity index (χ2v) is 5.58. The molecule has 1 N–H and O–H groups in total. The lowest BCUT2D eigenvalue weighted by atomic mass is 10.2. The Morgan fingerprint density at radius 3 is 2.65 bits per heavy atom. The number of hydrogen-bond acceptors (Lipinski definition) is 4. The molecule has 0 aliphatic rings. The van der Waals surface area contributed by atoms with Crippen LogP contribution in [0.2, 0.25) is 0 Å². The van der Waals surface area contributed by atoms with Gasteiger partial charge in [-0.25, -0.2) is 14.8 Å². The Balaban J connectivity index is 2.27. The highest BCUT2D eigenvalue weighted by Gasteiger charge is 2.17. The molecule has 0 radical (unpaired) electrons. The largest absolute Gasteiger partial charge is 0.478 e. The summed E-state index contributed by atoms with van der Waals surface area (Å²) in [5.74, 6) is 0.311. The number of carboxylic acid groups (broad SMARTS) is 1. The van der Waals surface area contributed by atoms with Gasteiger partial charge in [0.2, 0.25) is 0 Å². The highest BCUT2D eigenvalue weighted by molar-refractivity contribution is 7.98. The van der Waals surface area contributed by atoms with Crippen LogP contribution in [-0.4, -0.2) is 21.0 Å². The first-order valence-corrected chi connectivity index (χ1v) is 7.23. The van der Waals surface area contributed by atoms with Crippen molar-refractivity contribution in [2.45, 2.75) is 31.6 Å². The van der Waals surface area contributed by atoms with Crippen LogP contribution < -0.4 is 0 Å². The van der Waals surface area contributed by atoms with Crippen LogP contribution >= 0.6 is 11.8 Å². The molecule has 0 fully saturated rings. The van der Waals surface area contributed by atoms with E-state index in [4.69, 9.17) is 0 Å². The van der Waals surface area contributed by atoms with Crippen LogP contribution in [-0.2, 0) is 5.75 Å². The minimum Gasteiger partial charge on any atom is -0.478 e. The Morgan fingerprint density at radius 2 is 2.00 bits per heavy atom. The number of thioether (sulfide) groups is 1. The second kappa shape index (κ2) is 6.05. The van der Waals surface area contributed by atoms with Crippen molar-refractivity contribution in [3.63, 3.8) is 0 Å². The first kappa shape index (κ1) is 14.5. The van der Waals surface area contributed by atoms with Crippen molar-refractivity contribution >= 4 is 17.7 Å². The molecule has 1 heterocycles. The van der Waals surface area contributed by atoms with Crippen molar-refractivity contribution in [3.8, 4) is 0 Å². The molecule has 20 heavy (non-hydrogen) atoms. The maximum Gasteiger partial charge on any atom is 0.340 e. The quantitative estimate of drug-likeness (QED) is 0.690. The number of aryl methyl sites for hydroxylation is 3. The fourth-order valence-electron chi connectivity index (χ4n) is 1.99. The Kier molecular flexibility index (Phi) is 4.39. The highest BCUT2D eigenvalue weighted by Crippen LogP contribution is 2.26. The van der Waals surface area contributed by atoms with Crippen LogP contribution in [0.1, 0.15) is 33.0 Å². The molecule has 4 nitrogen and oxygen atoms in total. The Labute approximate surface area is 122 Å². The summed E-state index contributed by atoms with van der Waals surface area (Å²) in [4.78, 5) is 19.7. The van der Waals surface area contributed by atoms with E-state index < -0.39 is 5.97 Å². The Bertz CT molecular complexity index is 656. The molecular weight excluding hydrogens is 272 g/mol. The van der Waals surface area contributed by atoms with Crippen molar-refractivity contribution in [3.05, 3.63) is 52.5 Å². The van der Waals surface area contributed by atoms with Gasteiger partial charge in [0.1, 0.15) is 16.4 Å². The normalized spacial score (nSPS) is 10.6. The van der Waals surface area contributed by atoms with E-state index in [9.17, 15) is 9.90 Å². The zero-order chi connectivity index (χ0) is 14.7. The molecule has 0 unspecified atom stereocenters. The highest BCUT2D eigenvalue weighted by atomic mass is 32.2. The molecule has 2 aromatic rings. The molecule has 0 aliphatic heterocycles. The molecule has 1 aromatic heterocycles. The smallest absolute Gasteiger partial charge is 0.340 e. The predicted octanol–water partition coefficient (Wildman–Crippen LogP) is 3.39. The molecular formula is C15H16N2O2S. The van der Waals surface area contributed by atoms with Crippen molar-refractivity contribution in [2.24, 2.45) is 0 Å². The van der Waals surface area contributed by atoms with Crippen molar-refractivity contribution < 1.29 is 9.90 Å². The molecule has 0 atom stereocenters. The first-order chi connectivity index (χ1) is 9.47. The summed E-state index contributed by atoms with van der Waals surface area (Å²) in [7, 11) is 0. The molecule has 0 saturated carbocycles. The maximum absolute atomic E-state index is 11.3. The summed E-state index contributed by atoms with van der Waals surface area (Å²) in [5, 5.41) is 9.82. The van der Waals surface area contributed by atoms with Crippen molar-refractivity contribution in [1.29, 1.82) is 0 Å². The van der Waals surface area contributed by atoms with E-state index in [1.807, 2.05) is 25.1 Å². The topological polar surface area (TPSA) is 63.1 Å². The molecule has 0 spiro atoms. The average molecular weight is 288 g/mol. The number of carbonyl (C=O) groups is 1. The van der Waals surface area contributed by atoms with Gasteiger partial charge in [0, 0.05) is 5.75 Å². The zero-order valence-electron chi connectivity index (χ0n) is 11.7.